The molecule has 1 aliphatic heterocycles. The predicted molar refractivity (Wildman–Crippen MR) is 120 cm³/mol. The van der Waals surface area contributed by atoms with E-state index in [0.29, 0.717) is 31.3 Å². The first-order valence-corrected chi connectivity index (χ1v) is 11.4. The fraction of sp³-hybridized carbons (Fsp3) is 0.227. The molecular weight excluding hydrogens is 464 g/mol. The second-order valence-corrected chi connectivity index (χ2v) is 9.06. The molecule has 4 aromatic rings. The van der Waals surface area contributed by atoms with Gasteiger partial charge < -0.3 is 9.42 Å². The van der Waals surface area contributed by atoms with Crippen molar-refractivity contribution in [3.8, 4) is 10.7 Å². The molecule has 2 aromatic heterocycles. The van der Waals surface area contributed by atoms with Crippen molar-refractivity contribution < 1.29 is 9.32 Å². The van der Waals surface area contributed by atoms with Crippen LogP contribution in [0.1, 0.15) is 16.2 Å². The van der Waals surface area contributed by atoms with Gasteiger partial charge >= 0.3 is 0 Å². The quantitative estimate of drug-likeness (QED) is 0.422. The summed E-state index contributed by atoms with van der Waals surface area (Å²) in [6.45, 7) is 3.51. The Labute approximate surface area is 186 Å². The van der Waals surface area contributed by atoms with Gasteiger partial charge in [0.25, 0.3) is 5.91 Å². The maximum Gasteiger partial charge on any atom is 0.254 e. The molecule has 0 spiro atoms. The molecule has 5 rings (SSSR count). The zero-order valence-corrected chi connectivity index (χ0v) is 18.5. The van der Waals surface area contributed by atoms with Crippen LogP contribution < -0.4 is 0 Å². The van der Waals surface area contributed by atoms with Gasteiger partial charge in [0.2, 0.25) is 11.7 Å². The molecule has 0 radical (unpaired) electrons. The molecular formula is C22H19BrN4O2S. The van der Waals surface area contributed by atoms with Crippen LogP contribution in [0, 0.1) is 0 Å². The summed E-state index contributed by atoms with van der Waals surface area (Å²) in [5, 5.41) is 8.18. The molecule has 3 heterocycles. The molecule has 1 fully saturated rings. The first-order valence-electron chi connectivity index (χ1n) is 9.74. The van der Waals surface area contributed by atoms with Crippen molar-refractivity contribution in [2.45, 2.75) is 6.54 Å². The monoisotopic (exact) mass is 482 g/mol. The van der Waals surface area contributed by atoms with Gasteiger partial charge in [-0.15, -0.1) is 11.3 Å². The summed E-state index contributed by atoms with van der Waals surface area (Å²) in [6.07, 6.45) is 0. The van der Waals surface area contributed by atoms with Crippen molar-refractivity contribution in [3.05, 3.63) is 69.8 Å². The summed E-state index contributed by atoms with van der Waals surface area (Å²) >= 11 is 5.02. The number of rotatable bonds is 4. The van der Waals surface area contributed by atoms with Crippen LogP contribution in [-0.4, -0.2) is 52.0 Å². The van der Waals surface area contributed by atoms with Crippen molar-refractivity contribution in [1.82, 2.24) is 19.9 Å². The summed E-state index contributed by atoms with van der Waals surface area (Å²) in [5.41, 5.74) is 0.769. The van der Waals surface area contributed by atoms with Crippen LogP contribution in [0.3, 0.4) is 0 Å². The fourth-order valence-electron chi connectivity index (χ4n) is 3.73. The first-order chi connectivity index (χ1) is 14.7. The normalized spacial score (nSPS) is 15.0. The molecule has 0 atom stereocenters. The van der Waals surface area contributed by atoms with Crippen molar-refractivity contribution in [2.24, 2.45) is 0 Å². The van der Waals surface area contributed by atoms with Crippen LogP contribution in [0.4, 0.5) is 0 Å². The number of hydrogen-bond donors (Lipinski definition) is 0. The number of piperazine rings is 1. The lowest BCUT2D eigenvalue weighted by Crippen LogP contribution is -2.48. The van der Waals surface area contributed by atoms with E-state index in [1.54, 1.807) is 11.3 Å². The third kappa shape index (κ3) is 3.90. The molecule has 0 unspecified atom stereocenters. The van der Waals surface area contributed by atoms with E-state index >= 15 is 0 Å². The van der Waals surface area contributed by atoms with Crippen molar-refractivity contribution in [2.75, 3.05) is 26.2 Å². The van der Waals surface area contributed by atoms with Crippen LogP contribution in [0.2, 0.25) is 0 Å². The Hall–Kier alpha value is -2.55. The third-order valence-corrected chi connectivity index (χ3v) is 6.98. The Morgan fingerprint density at radius 3 is 2.70 bits per heavy atom. The Kier molecular flexibility index (Phi) is 5.37. The highest BCUT2D eigenvalue weighted by molar-refractivity contribution is 9.10. The first kappa shape index (κ1) is 19.4. The molecule has 1 saturated heterocycles. The van der Waals surface area contributed by atoms with Gasteiger partial charge in [-0.2, -0.15) is 4.98 Å². The van der Waals surface area contributed by atoms with E-state index in [0.717, 1.165) is 38.8 Å². The van der Waals surface area contributed by atoms with Crippen LogP contribution in [0.15, 0.2) is 62.9 Å². The lowest BCUT2D eigenvalue weighted by Gasteiger charge is -2.34. The van der Waals surface area contributed by atoms with Gasteiger partial charge in [0.15, 0.2) is 0 Å². The Morgan fingerprint density at radius 1 is 1.10 bits per heavy atom. The Morgan fingerprint density at radius 2 is 1.90 bits per heavy atom. The summed E-state index contributed by atoms with van der Waals surface area (Å²) in [6, 6.07) is 15.9. The Bertz CT molecular complexity index is 1190. The predicted octanol–water partition coefficient (Wildman–Crippen LogP) is 4.67. The van der Waals surface area contributed by atoms with Gasteiger partial charge in [0.1, 0.15) is 0 Å². The number of nitrogens with zero attached hydrogens (tertiary/aromatic N) is 4. The number of aromatic nitrogens is 2. The second kappa shape index (κ2) is 8.29. The SMILES string of the molecule is O=C(c1cccc2ccccc12)N1CCN(Cc2nc(-c3cc(Br)cs3)no2)CC1. The van der Waals surface area contributed by atoms with Crippen LogP contribution in [0.5, 0.6) is 0 Å². The number of halogens is 1. The minimum Gasteiger partial charge on any atom is -0.338 e. The highest BCUT2D eigenvalue weighted by atomic mass is 79.9. The standard InChI is InChI=1S/C22H19BrN4O2S/c23-16-12-19(30-14-16)21-24-20(29-25-21)13-26-8-10-27(11-9-26)22(28)18-7-3-5-15-4-1-2-6-17(15)18/h1-7,12,14H,8-11,13H2. The number of carbonyl (C=O) groups is 1. The molecule has 152 valence electrons. The van der Waals surface area contributed by atoms with Gasteiger partial charge in [-0.25, -0.2) is 0 Å². The summed E-state index contributed by atoms with van der Waals surface area (Å²) in [5.74, 6) is 1.31. The summed E-state index contributed by atoms with van der Waals surface area (Å²) in [4.78, 5) is 22.8. The topological polar surface area (TPSA) is 62.5 Å². The largest absolute Gasteiger partial charge is 0.338 e. The molecule has 0 aliphatic carbocycles. The second-order valence-electron chi connectivity index (χ2n) is 7.24. The summed E-state index contributed by atoms with van der Waals surface area (Å²) < 4.78 is 6.45. The number of hydrogen-bond acceptors (Lipinski definition) is 6. The van der Waals surface area contributed by atoms with Crippen molar-refractivity contribution in [3.63, 3.8) is 0 Å². The lowest BCUT2D eigenvalue weighted by molar-refractivity contribution is 0.0617. The average Bonchev–Trinajstić information content (AvgIpc) is 3.42. The minimum absolute atomic E-state index is 0.0924. The molecule has 0 N–H and O–H groups in total. The molecule has 2 aromatic carbocycles. The van der Waals surface area contributed by atoms with E-state index in [4.69, 9.17) is 4.52 Å². The van der Waals surface area contributed by atoms with Gasteiger partial charge in [0.05, 0.1) is 11.4 Å². The van der Waals surface area contributed by atoms with Crippen LogP contribution in [0.25, 0.3) is 21.5 Å². The van der Waals surface area contributed by atoms with E-state index in [9.17, 15) is 4.79 Å². The molecule has 8 heteroatoms. The molecule has 1 amide bonds. The molecule has 30 heavy (non-hydrogen) atoms. The van der Waals surface area contributed by atoms with Crippen LogP contribution in [-0.2, 0) is 6.54 Å². The minimum atomic E-state index is 0.0924. The Balaban J connectivity index is 1.22. The lowest BCUT2D eigenvalue weighted by atomic mass is 10.0. The number of benzene rings is 2. The van der Waals surface area contributed by atoms with Crippen molar-refractivity contribution in [1.29, 1.82) is 0 Å². The maximum atomic E-state index is 13.1. The number of fused-ring (bicyclic) bond motifs is 1. The number of amides is 1. The van der Waals surface area contributed by atoms with E-state index < -0.39 is 0 Å². The van der Waals surface area contributed by atoms with Gasteiger partial charge in [0, 0.05) is 41.6 Å². The molecule has 1 aliphatic rings. The molecule has 0 bridgehead atoms. The van der Waals surface area contributed by atoms with E-state index in [2.05, 4.69) is 31.0 Å². The number of thiophene rings is 1. The van der Waals surface area contributed by atoms with E-state index in [-0.39, 0.29) is 5.91 Å². The van der Waals surface area contributed by atoms with Crippen LogP contribution >= 0.6 is 27.3 Å². The summed E-state index contributed by atoms with van der Waals surface area (Å²) in [7, 11) is 0. The van der Waals surface area contributed by atoms with Gasteiger partial charge in [-0.1, -0.05) is 41.6 Å². The van der Waals surface area contributed by atoms with Crippen molar-refractivity contribution >= 4 is 43.9 Å². The maximum absolute atomic E-state index is 13.1. The highest BCUT2D eigenvalue weighted by Crippen LogP contribution is 2.28. The van der Waals surface area contributed by atoms with Gasteiger partial charge in [-0.3, -0.25) is 9.69 Å². The van der Waals surface area contributed by atoms with Gasteiger partial charge in [-0.05, 0) is 38.8 Å². The molecule has 6 nitrogen and oxygen atoms in total. The van der Waals surface area contributed by atoms with E-state index in [1.807, 2.05) is 58.8 Å². The molecule has 0 saturated carbocycles. The van der Waals surface area contributed by atoms with E-state index in [1.165, 1.54) is 0 Å². The average molecular weight is 483 g/mol. The zero-order chi connectivity index (χ0) is 20.5. The zero-order valence-electron chi connectivity index (χ0n) is 16.1. The fourth-order valence-corrected chi connectivity index (χ4v) is 5.08. The smallest absolute Gasteiger partial charge is 0.254 e. The highest BCUT2D eigenvalue weighted by Gasteiger charge is 2.24. The number of carbonyl (C=O) groups excluding carboxylic acids is 1. The third-order valence-electron chi connectivity index (χ3n) is 5.29.